The van der Waals surface area contributed by atoms with E-state index in [0.717, 1.165) is 0 Å². The van der Waals surface area contributed by atoms with Crippen LogP contribution in [-0.4, -0.2) is 37.0 Å². The summed E-state index contributed by atoms with van der Waals surface area (Å²) in [6, 6.07) is 3.55. The number of carbonyl (C=O) groups is 2. The molecule has 0 radical (unpaired) electrons. The molecule has 5 heteroatoms. The molecule has 1 aliphatic rings. The molecule has 2 heterocycles. The number of ether oxygens (including phenoxy) is 1. The molecular formula is C14H17NO4. The molecule has 102 valence electrons. The van der Waals surface area contributed by atoms with Gasteiger partial charge in [0.25, 0.3) is 0 Å². The Labute approximate surface area is 111 Å². The Morgan fingerprint density at radius 3 is 2.74 bits per heavy atom. The van der Waals surface area contributed by atoms with Gasteiger partial charge in [0.1, 0.15) is 5.76 Å². The van der Waals surface area contributed by atoms with E-state index in [9.17, 15) is 9.59 Å². The third kappa shape index (κ3) is 3.47. The maximum absolute atomic E-state index is 11.9. The van der Waals surface area contributed by atoms with Crippen LogP contribution in [0, 0.1) is 5.92 Å². The fraction of sp³-hybridized carbons (Fsp3) is 0.429. The highest BCUT2D eigenvalue weighted by Crippen LogP contribution is 2.18. The summed E-state index contributed by atoms with van der Waals surface area (Å²) < 4.78 is 9.83. The first-order valence-corrected chi connectivity index (χ1v) is 6.29. The van der Waals surface area contributed by atoms with E-state index < -0.39 is 0 Å². The monoisotopic (exact) mass is 263 g/mol. The third-order valence-corrected chi connectivity index (χ3v) is 3.27. The second-order valence-corrected chi connectivity index (χ2v) is 4.47. The summed E-state index contributed by atoms with van der Waals surface area (Å²) in [5.74, 6) is 0.332. The maximum Gasteiger partial charge on any atom is 0.308 e. The molecule has 0 saturated carbocycles. The van der Waals surface area contributed by atoms with E-state index >= 15 is 0 Å². The highest BCUT2D eigenvalue weighted by Gasteiger charge is 2.26. The molecule has 0 aliphatic carbocycles. The molecule has 0 spiro atoms. The molecule has 0 aromatic carbocycles. The average Bonchev–Trinajstić information content (AvgIpc) is 2.97. The largest absolute Gasteiger partial charge is 0.469 e. The second kappa shape index (κ2) is 6.22. The topological polar surface area (TPSA) is 59.8 Å². The fourth-order valence-corrected chi connectivity index (χ4v) is 2.15. The van der Waals surface area contributed by atoms with Crippen molar-refractivity contribution >= 4 is 18.0 Å². The third-order valence-electron chi connectivity index (χ3n) is 3.27. The zero-order valence-electron chi connectivity index (χ0n) is 10.9. The van der Waals surface area contributed by atoms with Crippen LogP contribution < -0.4 is 0 Å². The van der Waals surface area contributed by atoms with Crippen molar-refractivity contribution in [2.24, 2.45) is 5.92 Å². The molecule has 0 bridgehead atoms. The van der Waals surface area contributed by atoms with Crippen molar-refractivity contribution in [3.63, 3.8) is 0 Å². The van der Waals surface area contributed by atoms with E-state index in [4.69, 9.17) is 9.15 Å². The quantitative estimate of drug-likeness (QED) is 0.615. The Bertz CT molecular complexity index is 456. The summed E-state index contributed by atoms with van der Waals surface area (Å²) in [4.78, 5) is 25.0. The van der Waals surface area contributed by atoms with Gasteiger partial charge in [0.15, 0.2) is 0 Å². The Morgan fingerprint density at radius 2 is 2.16 bits per heavy atom. The number of furan rings is 1. The number of methoxy groups -OCH3 is 1. The number of esters is 1. The molecule has 0 atom stereocenters. The number of carbonyl (C=O) groups excluding carboxylic acids is 2. The molecule has 1 fully saturated rings. The summed E-state index contributed by atoms with van der Waals surface area (Å²) in [7, 11) is 1.39. The van der Waals surface area contributed by atoms with Gasteiger partial charge in [-0.05, 0) is 31.1 Å². The molecule has 1 aliphatic heterocycles. The summed E-state index contributed by atoms with van der Waals surface area (Å²) in [5, 5.41) is 0. The van der Waals surface area contributed by atoms with Gasteiger partial charge in [0, 0.05) is 19.2 Å². The minimum absolute atomic E-state index is 0.0558. The van der Waals surface area contributed by atoms with Crippen LogP contribution in [0.2, 0.25) is 0 Å². The SMILES string of the molecule is COC(=O)C1CCN(C(=O)/C=C/c2ccco2)CC1. The van der Waals surface area contributed by atoms with Gasteiger partial charge < -0.3 is 14.1 Å². The highest BCUT2D eigenvalue weighted by atomic mass is 16.5. The van der Waals surface area contributed by atoms with Crippen LogP contribution in [0.15, 0.2) is 28.9 Å². The molecule has 1 saturated heterocycles. The zero-order valence-corrected chi connectivity index (χ0v) is 10.9. The number of likely N-dealkylation sites (tertiary alicyclic amines) is 1. The molecular weight excluding hydrogens is 246 g/mol. The maximum atomic E-state index is 11.9. The summed E-state index contributed by atoms with van der Waals surface area (Å²) >= 11 is 0. The van der Waals surface area contributed by atoms with Crippen LogP contribution in [0.5, 0.6) is 0 Å². The Balaban J connectivity index is 1.84. The predicted molar refractivity (Wildman–Crippen MR) is 69.1 cm³/mol. The van der Waals surface area contributed by atoms with Crippen LogP contribution in [0.3, 0.4) is 0 Å². The first-order valence-electron chi connectivity index (χ1n) is 6.29. The smallest absolute Gasteiger partial charge is 0.308 e. The van der Waals surface area contributed by atoms with E-state index in [1.165, 1.54) is 13.2 Å². The lowest BCUT2D eigenvalue weighted by Gasteiger charge is -2.29. The minimum atomic E-state index is -0.182. The van der Waals surface area contributed by atoms with Crippen molar-refractivity contribution in [1.82, 2.24) is 4.90 Å². The number of hydrogen-bond donors (Lipinski definition) is 0. The van der Waals surface area contributed by atoms with Crippen molar-refractivity contribution in [3.8, 4) is 0 Å². The Morgan fingerprint density at radius 1 is 1.42 bits per heavy atom. The van der Waals surface area contributed by atoms with Crippen molar-refractivity contribution < 1.29 is 18.7 Å². The number of hydrogen-bond acceptors (Lipinski definition) is 4. The lowest BCUT2D eigenvalue weighted by Crippen LogP contribution is -2.39. The first-order chi connectivity index (χ1) is 9.20. The normalized spacial score (nSPS) is 16.8. The van der Waals surface area contributed by atoms with Crippen LogP contribution in [0.1, 0.15) is 18.6 Å². The highest BCUT2D eigenvalue weighted by molar-refractivity contribution is 5.91. The molecule has 5 nitrogen and oxygen atoms in total. The van der Waals surface area contributed by atoms with Gasteiger partial charge in [-0.1, -0.05) is 0 Å². The van der Waals surface area contributed by atoms with Crippen molar-refractivity contribution in [2.45, 2.75) is 12.8 Å². The summed E-state index contributed by atoms with van der Waals surface area (Å²) in [6.07, 6.45) is 6.03. The van der Waals surface area contributed by atoms with E-state index in [2.05, 4.69) is 0 Å². The van der Waals surface area contributed by atoms with Crippen LogP contribution >= 0.6 is 0 Å². The van der Waals surface area contributed by atoms with Gasteiger partial charge in [0.05, 0.1) is 19.3 Å². The Kier molecular flexibility index (Phi) is 4.39. The molecule has 1 amide bonds. The van der Waals surface area contributed by atoms with E-state index in [1.807, 2.05) is 0 Å². The van der Waals surface area contributed by atoms with Crippen LogP contribution in [0.25, 0.3) is 6.08 Å². The fourth-order valence-electron chi connectivity index (χ4n) is 2.15. The summed E-state index contributed by atoms with van der Waals surface area (Å²) in [5.41, 5.74) is 0. The molecule has 1 aromatic rings. The molecule has 19 heavy (non-hydrogen) atoms. The lowest BCUT2D eigenvalue weighted by atomic mass is 9.97. The lowest BCUT2D eigenvalue weighted by molar-refractivity contribution is -0.148. The van der Waals surface area contributed by atoms with Crippen molar-refractivity contribution in [1.29, 1.82) is 0 Å². The van der Waals surface area contributed by atoms with Gasteiger partial charge in [-0.15, -0.1) is 0 Å². The number of piperidine rings is 1. The van der Waals surface area contributed by atoms with Gasteiger partial charge in [-0.25, -0.2) is 0 Å². The van der Waals surface area contributed by atoms with Crippen LogP contribution in [-0.2, 0) is 14.3 Å². The van der Waals surface area contributed by atoms with E-state index in [0.29, 0.717) is 31.7 Å². The number of amides is 1. The van der Waals surface area contributed by atoms with Crippen molar-refractivity contribution in [2.75, 3.05) is 20.2 Å². The van der Waals surface area contributed by atoms with Crippen molar-refractivity contribution in [3.05, 3.63) is 30.2 Å². The summed E-state index contributed by atoms with van der Waals surface area (Å²) in [6.45, 7) is 1.17. The first kappa shape index (κ1) is 13.4. The van der Waals surface area contributed by atoms with Crippen LogP contribution in [0.4, 0.5) is 0 Å². The van der Waals surface area contributed by atoms with E-state index in [1.54, 1.807) is 29.4 Å². The van der Waals surface area contributed by atoms with Gasteiger partial charge in [-0.2, -0.15) is 0 Å². The van der Waals surface area contributed by atoms with Gasteiger partial charge >= 0.3 is 5.97 Å². The number of rotatable bonds is 3. The van der Waals surface area contributed by atoms with Gasteiger partial charge in [0.2, 0.25) is 5.91 Å². The molecule has 0 unspecified atom stereocenters. The standard InChI is InChI=1S/C14H17NO4/c1-18-14(17)11-6-8-15(9-7-11)13(16)5-4-12-3-2-10-19-12/h2-5,10-11H,6-9H2,1H3/b5-4+. The molecule has 2 rings (SSSR count). The zero-order chi connectivity index (χ0) is 13.7. The molecule has 0 N–H and O–H groups in total. The second-order valence-electron chi connectivity index (χ2n) is 4.47. The minimum Gasteiger partial charge on any atom is -0.469 e. The Hall–Kier alpha value is -2.04. The molecule has 1 aromatic heterocycles. The average molecular weight is 263 g/mol. The predicted octanol–water partition coefficient (Wildman–Crippen LogP) is 1.70. The van der Waals surface area contributed by atoms with E-state index in [-0.39, 0.29) is 17.8 Å². The number of nitrogens with zero attached hydrogens (tertiary/aromatic N) is 1. The van der Waals surface area contributed by atoms with Gasteiger partial charge in [-0.3, -0.25) is 9.59 Å².